The van der Waals surface area contributed by atoms with Gasteiger partial charge in [-0.05, 0) is 38.3 Å². The molecule has 2 aliphatic rings. The zero-order valence-electron chi connectivity index (χ0n) is 16.7. The summed E-state index contributed by atoms with van der Waals surface area (Å²) in [4.78, 5) is 22.9. The van der Waals surface area contributed by atoms with Crippen LogP contribution < -0.4 is 11.1 Å². The van der Waals surface area contributed by atoms with Crippen LogP contribution in [0.25, 0.3) is 11.3 Å². The minimum Gasteiger partial charge on any atom is -0.397 e. The minimum absolute atomic E-state index is 0.190. The van der Waals surface area contributed by atoms with Crippen LogP contribution in [0.5, 0.6) is 0 Å². The van der Waals surface area contributed by atoms with Crippen molar-refractivity contribution in [1.29, 1.82) is 5.26 Å². The number of pyridine rings is 2. The quantitative estimate of drug-likeness (QED) is 0.784. The molecule has 1 saturated carbocycles. The third-order valence-corrected chi connectivity index (χ3v) is 6.50. The predicted molar refractivity (Wildman–Crippen MR) is 113 cm³/mol. The van der Waals surface area contributed by atoms with Crippen molar-refractivity contribution < 1.29 is 4.79 Å². The van der Waals surface area contributed by atoms with Gasteiger partial charge < -0.3 is 16.0 Å². The average Bonchev–Trinajstić information content (AvgIpc) is 3.23. The number of halogens is 1. The van der Waals surface area contributed by atoms with E-state index in [1.807, 2.05) is 6.92 Å². The first-order valence-corrected chi connectivity index (χ1v) is 9.90. The summed E-state index contributed by atoms with van der Waals surface area (Å²) in [5, 5.41) is 13.5. The number of amides is 1. The molecule has 2 atom stereocenters. The second-order valence-corrected chi connectivity index (χ2v) is 8.90. The van der Waals surface area contributed by atoms with Gasteiger partial charge in [-0.15, -0.1) is 0 Å². The van der Waals surface area contributed by atoms with E-state index in [0.29, 0.717) is 22.0 Å². The maximum absolute atomic E-state index is 12.4. The largest absolute Gasteiger partial charge is 0.397 e. The van der Waals surface area contributed by atoms with Gasteiger partial charge in [0.05, 0.1) is 27.9 Å². The molecule has 1 aliphatic heterocycles. The molecule has 4 rings (SSSR count). The van der Waals surface area contributed by atoms with E-state index in [2.05, 4.69) is 21.4 Å². The Labute approximate surface area is 174 Å². The van der Waals surface area contributed by atoms with Crippen molar-refractivity contribution in [2.45, 2.75) is 31.6 Å². The Balaban J connectivity index is 1.82. The summed E-state index contributed by atoms with van der Waals surface area (Å²) in [6.07, 6.45) is 4.11. The fourth-order valence-corrected chi connectivity index (χ4v) is 4.96. The molecule has 1 aliphatic carbocycles. The summed E-state index contributed by atoms with van der Waals surface area (Å²) in [5.74, 6) is 0.495. The van der Waals surface area contributed by atoms with Gasteiger partial charge in [-0.3, -0.25) is 4.79 Å². The highest BCUT2D eigenvalue weighted by molar-refractivity contribution is 6.34. The topological polar surface area (TPSA) is 108 Å². The number of carbonyl (C=O) groups is 1. The number of fused-ring (bicyclic) bond motifs is 2. The van der Waals surface area contributed by atoms with Crippen LogP contribution in [0.1, 0.15) is 42.2 Å². The highest BCUT2D eigenvalue weighted by Gasteiger charge is 2.52. The van der Waals surface area contributed by atoms with Crippen molar-refractivity contribution in [3.63, 3.8) is 0 Å². The van der Waals surface area contributed by atoms with Crippen molar-refractivity contribution in [2.75, 3.05) is 31.7 Å². The third-order valence-electron chi connectivity index (χ3n) is 6.11. The molecular formula is C21H23ClN6O. The molecule has 0 radical (unpaired) electrons. The number of hydrogen-bond donors (Lipinski definition) is 2. The molecule has 3 N–H and O–H groups in total. The first kappa shape index (κ1) is 19.5. The summed E-state index contributed by atoms with van der Waals surface area (Å²) >= 11 is 6.90. The highest BCUT2D eigenvalue weighted by Crippen LogP contribution is 2.56. The van der Waals surface area contributed by atoms with E-state index in [0.717, 1.165) is 37.2 Å². The first-order chi connectivity index (χ1) is 13.7. The Hall–Kier alpha value is -2.85. The van der Waals surface area contributed by atoms with E-state index in [1.54, 1.807) is 32.4 Å². The summed E-state index contributed by atoms with van der Waals surface area (Å²) < 4.78 is 0. The van der Waals surface area contributed by atoms with Crippen molar-refractivity contribution >= 4 is 29.0 Å². The first-order valence-electron chi connectivity index (χ1n) is 9.52. The molecule has 2 aromatic rings. The summed E-state index contributed by atoms with van der Waals surface area (Å²) in [5.41, 5.74) is 8.06. The summed E-state index contributed by atoms with van der Waals surface area (Å²) in [7, 11) is 3.31. The molecule has 0 aromatic carbocycles. The molecule has 0 unspecified atom stereocenters. The van der Waals surface area contributed by atoms with Crippen molar-refractivity contribution in [2.24, 2.45) is 5.41 Å². The SMILES string of the molecule is CN(C)C(=O)c1nc(-c2cnc3c(c2Cl)[C@]2(CC[C@](C)(C#N)C2)CN3)ccc1N. The fraction of sp³-hybridized carbons (Fsp3) is 0.429. The van der Waals surface area contributed by atoms with E-state index >= 15 is 0 Å². The van der Waals surface area contributed by atoms with Gasteiger partial charge in [-0.25, -0.2) is 9.97 Å². The number of aromatic nitrogens is 2. The Morgan fingerprint density at radius 1 is 1.38 bits per heavy atom. The van der Waals surface area contributed by atoms with E-state index in [4.69, 9.17) is 17.3 Å². The van der Waals surface area contributed by atoms with Crippen LogP contribution in [0, 0.1) is 16.7 Å². The van der Waals surface area contributed by atoms with E-state index in [1.165, 1.54) is 4.90 Å². The number of hydrogen-bond acceptors (Lipinski definition) is 6. The van der Waals surface area contributed by atoms with Gasteiger partial charge in [0, 0.05) is 43.4 Å². The van der Waals surface area contributed by atoms with Crippen LogP contribution in [0.15, 0.2) is 18.3 Å². The van der Waals surface area contributed by atoms with Crippen LogP contribution in [-0.2, 0) is 5.41 Å². The number of nitrogens with one attached hydrogen (secondary N) is 1. The molecule has 150 valence electrons. The molecule has 1 spiro atoms. The van der Waals surface area contributed by atoms with E-state index in [9.17, 15) is 10.1 Å². The van der Waals surface area contributed by atoms with Crippen molar-refractivity contribution in [3.8, 4) is 17.3 Å². The molecule has 8 heteroatoms. The molecule has 1 amide bonds. The van der Waals surface area contributed by atoms with Gasteiger partial charge in [0.25, 0.3) is 5.91 Å². The Bertz CT molecular complexity index is 1060. The van der Waals surface area contributed by atoms with Gasteiger partial charge in [0.1, 0.15) is 5.82 Å². The lowest BCUT2D eigenvalue weighted by atomic mass is 9.77. The molecule has 0 saturated heterocycles. The van der Waals surface area contributed by atoms with Crippen LogP contribution in [0.3, 0.4) is 0 Å². The number of nitriles is 1. The van der Waals surface area contributed by atoms with Crippen LogP contribution in [-0.4, -0.2) is 41.4 Å². The summed E-state index contributed by atoms with van der Waals surface area (Å²) in [6.45, 7) is 2.72. The summed E-state index contributed by atoms with van der Waals surface area (Å²) in [6, 6.07) is 5.88. The Kier molecular flexibility index (Phi) is 4.43. The Morgan fingerprint density at radius 3 is 2.79 bits per heavy atom. The monoisotopic (exact) mass is 410 g/mol. The number of nitrogens with two attached hydrogens (primary N) is 1. The zero-order valence-corrected chi connectivity index (χ0v) is 17.5. The lowest BCUT2D eigenvalue weighted by Gasteiger charge is -2.26. The second kappa shape index (κ2) is 6.60. The van der Waals surface area contributed by atoms with E-state index < -0.39 is 0 Å². The standard InChI is InChI=1S/C21H23ClN6O/c1-20(10-23)6-7-21(9-20)11-26-18-15(21)16(22)12(8-25-18)14-5-4-13(24)17(27-14)19(29)28(2)3/h4-5,8H,6-7,9,11,24H2,1-3H3,(H,25,26)/t20-,21-/m0/s1. The van der Waals surface area contributed by atoms with Gasteiger partial charge in [-0.2, -0.15) is 5.26 Å². The van der Waals surface area contributed by atoms with Crippen molar-refractivity contribution in [1.82, 2.24) is 14.9 Å². The number of carbonyl (C=O) groups excluding carboxylic acids is 1. The molecule has 1 fully saturated rings. The third kappa shape index (κ3) is 2.99. The number of nitrogen functional groups attached to an aromatic ring is 1. The molecule has 7 nitrogen and oxygen atoms in total. The smallest absolute Gasteiger partial charge is 0.274 e. The number of rotatable bonds is 2. The number of anilines is 2. The van der Waals surface area contributed by atoms with Gasteiger partial charge in [-0.1, -0.05) is 11.6 Å². The number of nitrogens with zero attached hydrogens (tertiary/aromatic N) is 4. The fourth-order valence-electron chi connectivity index (χ4n) is 4.53. The second-order valence-electron chi connectivity index (χ2n) is 8.53. The normalized spacial score (nSPS) is 24.8. The molecule has 2 aromatic heterocycles. The van der Waals surface area contributed by atoms with Crippen LogP contribution >= 0.6 is 11.6 Å². The van der Waals surface area contributed by atoms with Crippen molar-refractivity contribution in [3.05, 3.63) is 34.6 Å². The van der Waals surface area contributed by atoms with Crippen LogP contribution in [0.4, 0.5) is 11.5 Å². The lowest BCUT2D eigenvalue weighted by molar-refractivity contribution is 0.0823. The Morgan fingerprint density at radius 2 is 2.14 bits per heavy atom. The lowest BCUT2D eigenvalue weighted by Crippen LogP contribution is -2.27. The minimum atomic E-state index is -0.368. The zero-order chi connectivity index (χ0) is 21.0. The molecule has 0 bridgehead atoms. The maximum Gasteiger partial charge on any atom is 0.274 e. The van der Waals surface area contributed by atoms with Crippen LogP contribution in [0.2, 0.25) is 5.02 Å². The molecular weight excluding hydrogens is 388 g/mol. The predicted octanol–water partition coefficient (Wildman–Crippen LogP) is 3.46. The maximum atomic E-state index is 12.4. The van der Waals surface area contributed by atoms with Gasteiger partial charge >= 0.3 is 0 Å². The average molecular weight is 411 g/mol. The highest BCUT2D eigenvalue weighted by atomic mass is 35.5. The van der Waals surface area contributed by atoms with Gasteiger partial charge in [0.2, 0.25) is 0 Å². The molecule has 29 heavy (non-hydrogen) atoms. The van der Waals surface area contributed by atoms with Gasteiger partial charge in [0.15, 0.2) is 5.69 Å². The van der Waals surface area contributed by atoms with E-state index in [-0.39, 0.29) is 22.4 Å². The molecule has 3 heterocycles.